The van der Waals surface area contributed by atoms with E-state index in [1.165, 1.54) is 12.3 Å². The average Bonchev–Trinajstić information content (AvgIpc) is 2.20. The van der Waals surface area contributed by atoms with E-state index >= 15 is 0 Å². The van der Waals surface area contributed by atoms with E-state index in [-0.39, 0.29) is 10.7 Å². The normalized spacial score (nSPS) is 10.8. The smallest absolute Gasteiger partial charge is 0.336 e. The minimum Gasteiger partial charge on any atom is -0.478 e. The largest absolute Gasteiger partial charge is 0.478 e. The minimum absolute atomic E-state index is 0.167. The van der Waals surface area contributed by atoms with Crippen molar-refractivity contribution in [2.75, 3.05) is 5.33 Å². The third-order valence-corrected chi connectivity index (χ3v) is 2.37. The molecule has 0 radical (unpaired) electrons. The zero-order valence-electron chi connectivity index (χ0n) is 7.78. The number of aromatic carboxylic acids is 1. The van der Waals surface area contributed by atoms with Gasteiger partial charge in [0.15, 0.2) is 0 Å². The second-order valence-electron chi connectivity index (χ2n) is 2.78. The zero-order chi connectivity index (χ0) is 11.3. The molecular formula is C10H9BrClNO2. The average molecular weight is 291 g/mol. The van der Waals surface area contributed by atoms with Crippen molar-refractivity contribution in [1.82, 2.24) is 4.98 Å². The van der Waals surface area contributed by atoms with Crippen LogP contribution in [-0.4, -0.2) is 21.4 Å². The summed E-state index contributed by atoms with van der Waals surface area (Å²) in [6, 6.07) is 1.34. The monoisotopic (exact) mass is 289 g/mol. The quantitative estimate of drug-likeness (QED) is 0.684. The molecule has 15 heavy (non-hydrogen) atoms. The zero-order valence-corrected chi connectivity index (χ0v) is 10.1. The van der Waals surface area contributed by atoms with E-state index in [2.05, 4.69) is 20.9 Å². The first-order valence-corrected chi connectivity index (χ1v) is 5.76. The van der Waals surface area contributed by atoms with E-state index in [1.54, 1.807) is 6.08 Å². The van der Waals surface area contributed by atoms with Crippen LogP contribution < -0.4 is 0 Å². The second kappa shape index (κ2) is 5.88. The number of allylic oxidation sites excluding steroid dienone is 1. The van der Waals surface area contributed by atoms with Crippen LogP contribution >= 0.6 is 27.5 Å². The van der Waals surface area contributed by atoms with E-state index in [9.17, 15) is 4.79 Å². The van der Waals surface area contributed by atoms with Gasteiger partial charge in [-0.15, -0.1) is 0 Å². The molecule has 1 aromatic heterocycles. The summed E-state index contributed by atoms with van der Waals surface area (Å²) in [5, 5.41) is 9.94. The number of halogens is 2. The van der Waals surface area contributed by atoms with Crippen molar-refractivity contribution in [2.24, 2.45) is 0 Å². The van der Waals surface area contributed by atoms with Gasteiger partial charge in [-0.1, -0.05) is 39.7 Å². The lowest BCUT2D eigenvalue weighted by Crippen LogP contribution is -2.00. The first kappa shape index (κ1) is 12.2. The van der Waals surface area contributed by atoms with Gasteiger partial charge in [-0.2, -0.15) is 0 Å². The van der Waals surface area contributed by atoms with Crippen LogP contribution in [0.25, 0.3) is 6.08 Å². The molecule has 1 heterocycles. The van der Waals surface area contributed by atoms with Gasteiger partial charge in [0.2, 0.25) is 0 Å². The topological polar surface area (TPSA) is 50.2 Å². The summed E-state index contributed by atoms with van der Waals surface area (Å²) in [7, 11) is 0. The minimum atomic E-state index is -1.00. The molecule has 0 atom stereocenters. The molecule has 1 N–H and O–H groups in total. The molecule has 0 aliphatic heterocycles. The lowest BCUT2D eigenvalue weighted by molar-refractivity contribution is 0.0696. The van der Waals surface area contributed by atoms with Gasteiger partial charge in [0.25, 0.3) is 0 Å². The molecule has 80 valence electrons. The van der Waals surface area contributed by atoms with Crippen LogP contribution in [0.15, 0.2) is 18.3 Å². The molecular weight excluding hydrogens is 281 g/mol. The van der Waals surface area contributed by atoms with Crippen molar-refractivity contribution in [3.63, 3.8) is 0 Å². The highest BCUT2D eigenvalue weighted by molar-refractivity contribution is 9.09. The Morgan fingerprint density at radius 1 is 1.67 bits per heavy atom. The number of hydrogen-bond acceptors (Lipinski definition) is 2. The number of rotatable bonds is 4. The highest BCUT2D eigenvalue weighted by atomic mass is 79.9. The van der Waals surface area contributed by atoms with Gasteiger partial charge in [-0.05, 0) is 12.5 Å². The van der Waals surface area contributed by atoms with E-state index < -0.39 is 5.97 Å². The van der Waals surface area contributed by atoms with Crippen molar-refractivity contribution in [2.45, 2.75) is 6.42 Å². The number of aromatic nitrogens is 1. The van der Waals surface area contributed by atoms with Gasteiger partial charge in [-0.3, -0.25) is 0 Å². The van der Waals surface area contributed by atoms with Gasteiger partial charge < -0.3 is 5.11 Å². The Morgan fingerprint density at radius 2 is 2.40 bits per heavy atom. The number of nitrogens with zero attached hydrogens (tertiary/aromatic N) is 1. The molecule has 0 unspecified atom stereocenters. The second-order valence-corrected chi connectivity index (χ2v) is 3.96. The van der Waals surface area contributed by atoms with Crippen LogP contribution in [0.4, 0.5) is 0 Å². The molecule has 0 spiro atoms. The van der Waals surface area contributed by atoms with Crippen LogP contribution in [0.3, 0.4) is 0 Å². The summed E-state index contributed by atoms with van der Waals surface area (Å²) in [4.78, 5) is 14.7. The highest BCUT2D eigenvalue weighted by Crippen LogP contribution is 2.15. The highest BCUT2D eigenvalue weighted by Gasteiger charge is 2.08. The standard InChI is InChI=1S/C10H9BrClNO2/c11-4-2-1-3-7-6-13-9(12)5-8(7)10(14)15/h1,3,5-6H,2,4H2,(H,14,15). The van der Waals surface area contributed by atoms with Crippen molar-refractivity contribution in [3.05, 3.63) is 34.6 Å². The molecule has 3 nitrogen and oxygen atoms in total. The van der Waals surface area contributed by atoms with Crippen molar-refractivity contribution >= 4 is 39.6 Å². The Morgan fingerprint density at radius 3 is 3.00 bits per heavy atom. The Bertz CT molecular complexity index is 393. The molecule has 1 aromatic rings. The molecule has 1 rings (SSSR count). The fraction of sp³-hybridized carbons (Fsp3) is 0.200. The molecule has 5 heteroatoms. The predicted octanol–water partition coefficient (Wildman–Crippen LogP) is 3.23. The van der Waals surface area contributed by atoms with E-state index in [0.29, 0.717) is 5.56 Å². The Labute approximate surface area is 101 Å². The molecule has 0 amide bonds. The number of pyridine rings is 1. The first-order chi connectivity index (χ1) is 7.15. The molecule has 0 aromatic carbocycles. The number of hydrogen-bond donors (Lipinski definition) is 1. The van der Waals surface area contributed by atoms with Gasteiger partial charge in [0.05, 0.1) is 5.56 Å². The maximum Gasteiger partial charge on any atom is 0.336 e. The van der Waals surface area contributed by atoms with Crippen LogP contribution in [-0.2, 0) is 0 Å². The number of alkyl halides is 1. The molecule has 0 saturated carbocycles. The SMILES string of the molecule is O=C(O)c1cc(Cl)ncc1C=CCCBr. The van der Waals surface area contributed by atoms with Gasteiger partial charge in [0, 0.05) is 17.1 Å². The van der Waals surface area contributed by atoms with Gasteiger partial charge in [0.1, 0.15) is 5.15 Å². The van der Waals surface area contributed by atoms with Gasteiger partial charge in [-0.25, -0.2) is 9.78 Å². The van der Waals surface area contributed by atoms with Gasteiger partial charge >= 0.3 is 5.97 Å². The molecule has 0 fully saturated rings. The summed E-state index contributed by atoms with van der Waals surface area (Å²) >= 11 is 8.89. The van der Waals surface area contributed by atoms with Crippen LogP contribution in [0.2, 0.25) is 5.15 Å². The Hall–Kier alpha value is -0.870. The Balaban J connectivity index is 3.01. The maximum atomic E-state index is 10.9. The summed E-state index contributed by atoms with van der Waals surface area (Å²) in [6.07, 6.45) is 5.90. The molecule has 0 aliphatic carbocycles. The van der Waals surface area contributed by atoms with Crippen LogP contribution in [0.1, 0.15) is 22.3 Å². The first-order valence-electron chi connectivity index (χ1n) is 4.26. The fourth-order valence-electron chi connectivity index (χ4n) is 1.03. The predicted molar refractivity (Wildman–Crippen MR) is 63.7 cm³/mol. The molecule has 0 bridgehead atoms. The number of carboxylic acids is 1. The van der Waals surface area contributed by atoms with Crippen molar-refractivity contribution < 1.29 is 9.90 Å². The van der Waals surface area contributed by atoms with Crippen LogP contribution in [0.5, 0.6) is 0 Å². The number of carbonyl (C=O) groups is 1. The maximum absolute atomic E-state index is 10.9. The number of carboxylic acid groups (broad SMARTS) is 1. The van der Waals surface area contributed by atoms with Crippen molar-refractivity contribution in [3.8, 4) is 0 Å². The third kappa shape index (κ3) is 3.64. The van der Waals surface area contributed by atoms with Crippen molar-refractivity contribution in [1.29, 1.82) is 0 Å². The summed E-state index contributed by atoms with van der Waals surface area (Å²) < 4.78 is 0. The van der Waals surface area contributed by atoms with E-state index in [0.717, 1.165) is 11.8 Å². The van der Waals surface area contributed by atoms with E-state index in [1.807, 2.05) is 6.08 Å². The summed E-state index contributed by atoms with van der Waals surface area (Å²) in [5.41, 5.74) is 0.730. The van der Waals surface area contributed by atoms with E-state index in [4.69, 9.17) is 16.7 Å². The lowest BCUT2D eigenvalue weighted by Gasteiger charge is -2.00. The van der Waals surface area contributed by atoms with Crippen LogP contribution in [0, 0.1) is 0 Å². The summed E-state index contributed by atoms with van der Waals surface area (Å²) in [6.45, 7) is 0. The fourth-order valence-corrected chi connectivity index (χ4v) is 1.45. The molecule has 0 aliphatic rings. The summed E-state index contributed by atoms with van der Waals surface area (Å²) in [5.74, 6) is -1.00. The Kier molecular flexibility index (Phi) is 4.78. The third-order valence-electron chi connectivity index (χ3n) is 1.71. The lowest BCUT2D eigenvalue weighted by atomic mass is 10.1. The molecule has 0 saturated heterocycles.